The summed E-state index contributed by atoms with van der Waals surface area (Å²) in [6.45, 7) is 8.51. The van der Waals surface area contributed by atoms with Gasteiger partial charge in [-0.25, -0.2) is 0 Å². The summed E-state index contributed by atoms with van der Waals surface area (Å²) in [7, 11) is 0. The van der Waals surface area contributed by atoms with Gasteiger partial charge in [-0.1, -0.05) is 17.2 Å². The molecule has 1 aromatic rings. The van der Waals surface area contributed by atoms with Gasteiger partial charge in [0.25, 0.3) is 5.91 Å². The number of carbonyl (C=O) groups excluding carboxylic acids is 1. The molecule has 1 heterocycles. The van der Waals surface area contributed by atoms with Gasteiger partial charge in [0.2, 0.25) is 0 Å². The van der Waals surface area contributed by atoms with Gasteiger partial charge in [-0.05, 0) is 69.0 Å². The molecular weight excluding hydrogens is 246 g/mol. The number of hydrogen-bond acceptors (Lipinski definition) is 1. The number of carbonyl (C=O) groups is 1. The van der Waals surface area contributed by atoms with Crippen molar-refractivity contribution in [3.8, 4) is 0 Å². The highest BCUT2D eigenvalue weighted by atomic mass is 16.2. The maximum absolute atomic E-state index is 12.2. The molecule has 3 rings (SSSR count). The average molecular weight is 265 g/mol. The zero-order valence-corrected chi connectivity index (χ0v) is 12.4. The van der Waals surface area contributed by atoms with Gasteiger partial charge < -0.3 is 5.32 Å². The fourth-order valence-corrected chi connectivity index (χ4v) is 2.89. The summed E-state index contributed by atoms with van der Waals surface area (Å²) in [5.74, 6) is 0.00751. The van der Waals surface area contributed by atoms with E-state index >= 15 is 0 Å². The van der Waals surface area contributed by atoms with Gasteiger partial charge in [0.1, 0.15) is 0 Å². The van der Waals surface area contributed by atoms with Gasteiger partial charge in [0.05, 0.1) is 0 Å². The molecule has 20 heavy (non-hydrogen) atoms. The molecule has 1 aliphatic carbocycles. The lowest BCUT2D eigenvalue weighted by atomic mass is 10.00. The Bertz CT molecular complexity index is 717. The molecule has 1 aliphatic heterocycles. The predicted molar refractivity (Wildman–Crippen MR) is 83.5 cm³/mol. The van der Waals surface area contributed by atoms with Crippen LogP contribution in [-0.4, -0.2) is 5.91 Å². The van der Waals surface area contributed by atoms with Gasteiger partial charge in [0.15, 0.2) is 0 Å². The van der Waals surface area contributed by atoms with Crippen LogP contribution in [0.1, 0.15) is 38.3 Å². The molecule has 0 unspecified atom stereocenters. The van der Waals surface area contributed by atoms with E-state index in [2.05, 4.69) is 45.2 Å². The van der Waals surface area contributed by atoms with Crippen LogP contribution in [0.2, 0.25) is 0 Å². The lowest BCUT2D eigenvalue weighted by Gasteiger charge is -2.02. The summed E-state index contributed by atoms with van der Waals surface area (Å²) in [5.41, 5.74) is 9.25. The third kappa shape index (κ3) is 1.92. The molecule has 0 bridgehead atoms. The molecule has 0 radical (unpaired) electrons. The van der Waals surface area contributed by atoms with Gasteiger partial charge in [-0.15, -0.1) is 0 Å². The number of aryl methyl sites for hydroxylation is 1. The maximum Gasteiger partial charge on any atom is 0.256 e. The number of nitrogens with one attached hydrogen (secondary N) is 1. The molecule has 1 N–H and O–H groups in total. The van der Waals surface area contributed by atoms with Gasteiger partial charge in [0, 0.05) is 16.8 Å². The minimum absolute atomic E-state index is 0.00751. The Morgan fingerprint density at radius 2 is 1.85 bits per heavy atom. The van der Waals surface area contributed by atoms with Crippen molar-refractivity contribution in [2.45, 2.75) is 34.1 Å². The lowest BCUT2D eigenvalue weighted by Crippen LogP contribution is -2.04. The van der Waals surface area contributed by atoms with Crippen molar-refractivity contribution in [3.05, 3.63) is 57.7 Å². The predicted octanol–water partition coefficient (Wildman–Crippen LogP) is 4.39. The molecule has 0 atom stereocenters. The summed E-state index contributed by atoms with van der Waals surface area (Å²) in [6, 6.07) is 6.09. The summed E-state index contributed by atoms with van der Waals surface area (Å²) in [6.07, 6.45) is 3.02. The highest BCUT2D eigenvalue weighted by Gasteiger charge is 2.25. The first-order valence-corrected chi connectivity index (χ1v) is 6.98. The van der Waals surface area contributed by atoms with Crippen LogP contribution in [0, 0.1) is 6.92 Å². The first-order valence-electron chi connectivity index (χ1n) is 6.98. The summed E-state index contributed by atoms with van der Waals surface area (Å²) in [5, 5.41) is 2.94. The summed E-state index contributed by atoms with van der Waals surface area (Å²) >= 11 is 0. The normalized spacial score (nSPS) is 20.0. The third-order valence-electron chi connectivity index (χ3n) is 4.42. The van der Waals surface area contributed by atoms with Gasteiger partial charge in [-0.3, -0.25) is 4.79 Å². The molecule has 0 aromatic heterocycles. The lowest BCUT2D eigenvalue weighted by molar-refractivity contribution is -0.110. The van der Waals surface area contributed by atoms with E-state index in [1.165, 1.54) is 27.9 Å². The van der Waals surface area contributed by atoms with Crippen LogP contribution in [0.25, 0.3) is 5.57 Å². The number of anilines is 1. The topological polar surface area (TPSA) is 29.1 Å². The second kappa shape index (κ2) is 4.48. The van der Waals surface area contributed by atoms with E-state index in [-0.39, 0.29) is 5.91 Å². The Balaban J connectivity index is 2.07. The smallest absolute Gasteiger partial charge is 0.256 e. The van der Waals surface area contributed by atoms with E-state index in [1.54, 1.807) is 0 Å². The number of allylic oxidation sites excluding steroid dienone is 5. The van der Waals surface area contributed by atoms with E-state index in [0.717, 1.165) is 23.2 Å². The Kier molecular flexibility index (Phi) is 2.89. The van der Waals surface area contributed by atoms with Crippen LogP contribution in [0.15, 0.2) is 46.6 Å². The van der Waals surface area contributed by atoms with Crippen molar-refractivity contribution >= 4 is 17.2 Å². The van der Waals surface area contributed by atoms with Crippen LogP contribution >= 0.6 is 0 Å². The van der Waals surface area contributed by atoms with Crippen LogP contribution in [0.4, 0.5) is 5.69 Å². The number of fused-ring (bicyclic) bond motifs is 1. The SMILES string of the molecule is CC1=C(C)C(C)=C(/C=C2\C(=O)Nc3ccc(C)cc32)C1. The first-order chi connectivity index (χ1) is 9.47. The summed E-state index contributed by atoms with van der Waals surface area (Å²) in [4.78, 5) is 12.2. The minimum Gasteiger partial charge on any atom is -0.321 e. The first kappa shape index (κ1) is 12.9. The molecule has 2 heteroatoms. The molecule has 2 aliphatic rings. The second-order valence-corrected chi connectivity index (χ2v) is 5.79. The number of benzene rings is 1. The van der Waals surface area contributed by atoms with Gasteiger partial charge >= 0.3 is 0 Å². The van der Waals surface area contributed by atoms with E-state index in [0.29, 0.717) is 0 Å². The molecule has 0 saturated heterocycles. The molecule has 2 nitrogen and oxygen atoms in total. The molecule has 1 amide bonds. The maximum atomic E-state index is 12.2. The van der Waals surface area contributed by atoms with E-state index in [4.69, 9.17) is 0 Å². The van der Waals surface area contributed by atoms with Crippen molar-refractivity contribution < 1.29 is 4.79 Å². The molecule has 102 valence electrons. The average Bonchev–Trinajstić information content (AvgIpc) is 2.83. The van der Waals surface area contributed by atoms with Crippen LogP contribution in [-0.2, 0) is 4.79 Å². The Hall–Kier alpha value is -2.09. The van der Waals surface area contributed by atoms with E-state index < -0.39 is 0 Å². The minimum atomic E-state index is 0.00751. The molecule has 0 fully saturated rings. The molecule has 0 spiro atoms. The van der Waals surface area contributed by atoms with E-state index in [1.807, 2.05) is 12.1 Å². The highest BCUT2D eigenvalue weighted by Crippen LogP contribution is 2.37. The second-order valence-electron chi connectivity index (χ2n) is 5.79. The molecule has 1 aromatic carbocycles. The quantitative estimate of drug-likeness (QED) is 0.750. The number of hydrogen-bond donors (Lipinski definition) is 1. The third-order valence-corrected chi connectivity index (χ3v) is 4.42. The zero-order valence-electron chi connectivity index (χ0n) is 12.4. The van der Waals surface area contributed by atoms with Crippen molar-refractivity contribution in [3.63, 3.8) is 0 Å². The largest absolute Gasteiger partial charge is 0.321 e. The summed E-state index contributed by atoms with van der Waals surface area (Å²) < 4.78 is 0. The Morgan fingerprint density at radius 3 is 2.50 bits per heavy atom. The van der Waals surface area contributed by atoms with Crippen molar-refractivity contribution in [2.75, 3.05) is 5.32 Å². The van der Waals surface area contributed by atoms with Crippen molar-refractivity contribution in [1.29, 1.82) is 0 Å². The van der Waals surface area contributed by atoms with E-state index in [9.17, 15) is 4.79 Å². The Labute approximate surface area is 119 Å². The zero-order chi connectivity index (χ0) is 14.4. The number of rotatable bonds is 1. The fraction of sp³-hybridized carbons (Fsp3) is 0.278. The highest BCUT2D eigenvalue weighted by molar-refractivity contribution is 6.31. The molecular formula is C18H19NO. The van der Waals surface area contributed by atoms with Crippen molar-refractivity contribution in [1.82, 2.24) is 0 Å². The van der Waals surface area contributed by atoms with Gasteiger partial charge in [-0.2, -0.15) is 0 Å². The van der Waals surface area contributed by atoms with Crippen molar-refractivity contribution in [2.24, 2.45) is 0 Å². The fourth-order valence-electron chi connectivity index (χ4n) is 2.89. The van der Waals surface area contributed by atoms with Crippen LogP contribution < -0.4 is 5.32 Å². The standard InChI is InChI=1S/C18H19NO/c1-10-5-6-17-15(7-10)16(18(20)19-17)9-14-8-11(2)12(3)13(14)4/h5-7,9H,8H2,1-4H3,(H,19,20)/b16-9-. The molecule has 0 saturated carbocycles. The number of amides is 1. The van der Waals surface area contributed by atoms with Crippen LogP contribution in [0.5, 0.6) is 0 Å². The monoisotopic (exact) mass is 265 g/mol. The van der Waals surface area contributed by atoms with Crippen LogP contribution in [0.3, 0.4) is 0 Å². The Morgan fingerprint density at radius 1 is 1.10 bits per heavy atom.